The van der Waals surface area contributed by atoms with Gasteiger partial charge < -0.3 is 15.4 Å². The van der Waals surface area contributed by atoms with Crippen LogP contribution in [-0.2, 0) is 4.74 Å². The number of nitrogens with zero attached hydrogens (tertiary/aromatic N) is 1. The summed E-state index contributed by atoms with van der Waals surface area (Å²) in [5.41, 5.74) is 1.07. The molecule has 0 bridgehead atoms. The fourth-order valence-corrected chi connectivity index (χ4v) is 2.25. The summed E-state index contributed by atoms with van der Waals surface area (Å²) < 4.78 is 5.54. The number of carbonyl (C=O) groups is 1. The van der Waals surface area contributed by atoms with Gasteiger partial charge in [-0.3, -0.25) is 9.78 Å². The van der Waals surface area contributed by atoms with Crippen molar-refractivity contribution in [2.24, 2.45) is 0 Å². The molecule has 2 N–H and O–H groups in total. The molecule has 1 fully saturated rings. The van der Waals surface area contributed by atoms with E-state index < -0.39 is 0 Å². The third kappa shape index (κ3) is 2.87. The molecule has 2 rings (SSSR count). The van der Waals surface area contributed by atoms with E-state index in [0.717, 1.165) is 18.7 Å². The molecule has 0 spiro atoms. The molecular weight excluding hydrogens is 242 g/mol. The predicted octanol–water partition coefficient (Wildman–Crippen LogP) is 1.81. The fraction of sp³-hybridized carbons (Fsp3) is 0.571. The number of amides is 1. The molecule has 1 aliphatic rings. The predicted molar refractivity (Wildman–Crippen MR) is 74.3 cm³/mol. The summed E-state index contributed by atoms with van der Waals surface area (Å²) in [6.45, 7) is 7.45. The minimum atomic E-state index is -0.309. The van der Waals surface area contributed by atoms with Crippen LogP contribution < -0.4 is 10.6 Å². The lowest BCUT2D eigenvalue weighted by Gasteiger charge is -2.29. The molecule has 0 aliphatic carbocycles. The molecule has 0 radical (unpaired) electrons. The van der Waals surface area contributed by atoms with Crippen molar-refractivity contribution in [3.8, 4) is 0 Å². The molecule has 5 nitrogen and oxygen atoms in total. The van der Waals surface area contributed by atoms with Crippen LogP contribution in [0.4, 0.5) is 5.69 Å². The summed E-state index contributed by atoms with van der Waals surface area (Å²) in [6, 6.07) is 1.81. The van der Waals surface area contributed by atoms with E-state index in [1.165, 1.54) is 0 Å². The molecule has 1 aromatic rings. The van der Waals surface area contributed by atoms with Gasteiger partial charge in [-0.25, -0.2) is 0 Å². The molecule has 1 aliphatic heterocycles. The molecule has 2 atom stereocenters. The third-order valence-corrected chi connectivity index (χ3v) is 3.72. The number of aromatic nitrogens is 1. The van der Waals surface area contributed by atoms with Crippen LogP contribution >= 0.6 is 0 Å². The number of rotatable bonds is 4. The van der Waals surface area contributed by atoms with Crippen molar-refractivity contribution in [2.45, 2.75) is 38.8 Å². The van der Waals surface area contributed by atoms with Gasteiger partial charge in [0.05, 0.1) is 22.9 Å². The van der Waals surface area contributed by atoms with E-state index >= 15 is 0 Å². The van der Waals surface area contributed by atoms with Crippen LogP contribution in [-0.4, -0.2) is 35.7 Å². The first-order valence-corrected chi connectivity index (χ1v) is 6.69. The van der Waals surface area contributed by atoms with Gasteiger partial charge in [0.25, 0.3) is 5.91 Å². The summed E-state index contributed by atoms with van der Waals surface area (Å²) in [5.74, 6) is -0.107. The van der Waals surface area contributed by atoms with E-state index in [4.69, 9.17) is 4.74 Å². The monoisotopic (exact) mass is 263 g/mol. The second-order valence-electron chi connectivity index (χ2n) is 5.09. The average molecular weight is 263 g/mol. The molecule has 104 valence electrons. The highest BCUT2D eigenvalue weighted by molar-refractivity contribution is 5.99. The van der Waals surface area contributed by atoms with Crippen molar-refractivity contribution < 1.29 is 9.53 Å². The van der Waals surface area contributed by atoms with Crippen LogP contribution in [0.1, 0.15) is 37.6 Å². The second kappa shape index (κ2) is 5.57. The van der Waals surface area contributed by atoms with Gasteiger partial charge in [0.15, 0.2) is 0 Å². The second-order valence-corrected chi connectivity index (χ2v) is 5.09. The molecule has 1 saturated heterocycles. The number of carbonyl (C=O) groups excluding carboxylic acids is 1. The first-order chi connectivity index (χ1) is 9.07. The smallest absolute Gasteiger partial charge is 0.255 e. The normalized spacial score (nSPS) is 26.2. The van der Waals surface area contributed by atoms with Crippen LogP contribution in [0.25, 0.3) is 0 Å². The zero-order chi connectivity index (χ0) is 13.9. The zero-order valence-electron chi connectivity index (χ0n) is 11.7. The van der Waals surface area contributed by atoms with E-state index in [-0.39, 0.29) is 17.6 Å². The first-order valence-electron chi connectivity index (χ1n) is 6.69. The lowest BCUT2D eigenvalue weighted by molar-refractivity contribution is 0.0727. The van der Waals surface area contributed by atoms with E-state index in [9.17, 15) is 4.79 Å². The van der Waals surface area contributed by atoms with E-state index in [1.807, 2.05) is 26.8 Å². The molecule has 5 heteroatoms. The van der Waals surface area contributed by atoms with Crippen LogP contribution in [0.15, 0.2) is 18.5 Å². The average Bonchev–Trinajstić information content (AvgIpc) is 2.70. The van der Waals surface area contributed by atoms with Gasteiger partial charge in [0.2, 0.25) is 0 Å². The highest BCUT2D eigenvalue weighted by Gasteiger charge is 2.38. The Bertz CT molecular complexity index is 464. The van der Waals surface area contributed by atoms with Crippen LogP contribution in [0.5, 0.6) is 0 Å². The number of hydrogen-bond donors (Lipinski definition) is 2. The molecular formula is C14H21N3O2. The molecule has 2 unspecified atom stereocenters. The minimum absolute atomic E-state index is 0.0238. The number of ether oxygens (including phenoxy) is 1. The molecule has 2 heterocycles. The summed E-state index contributed by atoms with van der Waals surface area (Å²) >= 11 is 0. The van der Waals surface area contributed by atoms with Crippen molar-refractivity contribution in [3.05, 3.63) is 24.0 Å². The Morgan fingerprint density at radius 3 is 3.05 bits per heavy atom. The number of hydrogen-bond acceptors (Lipinski definition) is 4. The van der Waals surface area contributed by atoms with Crippen molar-refractivity contribution in [3.63, 3.8) is 0 Å². The Hall–Kier alpha value is -1.62. The Labute approximate surface area is 113 Å². The van der Waals surface area contributed by atoms with Gasteiger partial charge in [0.1, 0.15) is 0 Å². The summed E-state index contributed by atoms with van der Waals surface area (Å²) in [5, 5.41) is 6.25. The van der Waals surface area contributed by atoms with Gasteiger partial charge in [-0.05, 0) is 33.3 Å². The quantitative estimate of drug-likeness (QED) is 0.869. The number of anilines is 1. The zero-order valence-corrected chi connectivity index (χ0v) is 11.7. The fourth-order valence-electron chi connectivity index (χ4n) is 2.25. The maximum absolute atomic E-state index is 12.4. The largest absolute Gasteiger partial charge is 0.385 e. The van der Waals surface area contributed by atoms with Crippen molar-refractivity contribution in [1.29, 1.82) is 0 Å². The summed E-state index contributed by atoms with van der Waals surface area (Å²) in [4.78, 5) is 16.4. The first kappa shape index (κ1) is 13.8. The summed E-state index contributed by atoms with van der Waals surface area (Å²) in [6.07, 6.45) is 4.13. The number of nitrogens with one attached hydrogen (secondary N) is 2. The molecule has 19 heavy (non-hydrogen) atoms. The summed E-state index contributed by atoms with van der Waals surface area (Å²) in [7, 11) is 0. The Balaban J connectivity index is 2.16. The van der Waals surface area contributed by atoms with Gasteiger partial charge in [-0.2, -0.15) is 0 Å². The topological polar surface area (TPSA) is 63.2 Å². The Morgan fingerprint density at radius 1 is 1.63 bits per heavy atom. The van der Waals surface area contributed by atoms with Gasteiger partial charge in [-0.1, -0.05) is 0 Å². The standard InChI is InChI=1S/C14H21N3O2/c1-4-16-12-5-7-15-9-11(12)13(18)17-14(3)6-8-19-10(14)2/h5,7,9-10H,4,6,8H2,1-3H3,(H,15,16)(H,17,18). The van der Waals surface area contributed by atoms with Gasteiger partial charge in [0, 0.05) is 25.5 Å². The molecule has 0 saturated carbocycles. The highest BCUT2D eigenvalue weighted by atomic mass is 16.5. The lowest BCUT2D eigenvalue weighted by atomic mass is 9.94. The lowest BCUT2D eigenvalue weighted by Crippen LogP contribution is -2.50. The third-order valence-electron chi connectivity index (χ3n) is 3.72. The molecule has 0 aromatic carbocycles. The SMILES string of the molecule is CCNc1ccncc1C(=O)NC1(C)CCOC1C. The van der Waals surface area contributed by atoms with Crippen LogP contribution in [0, 0.1) is 0 Å². The van der Waals surface area contributed by atoms with Crippen molar-refractivity contribution in [1.82, 2.24) is 10.3 Å². The Kier molecular flexibility index (Phi) is 4.04. The molecule has 1 aromatic heterocycles. The Morgan fingerprint density at radius 2 is 2.42 bits per heavy atom. The van der Waals surface area contributed by atoms with Gasteiger partial charge in [-0.15, -0.1) is 0 Å². The van der Waals surface area contributed by atoms with E-state index in [2.05, 4.69) is 15.6 Å². The maximum Gasteiger partial charge on any atom is 0.255 e. The van der Waals surface area contributed by atoms with Gasteiger partial charge >= 0.3 is 0 Å². The van der Waals surface area contributed by atoms with Crippen LogP contribution in [0.3, 0.4) is 0 Å². The van der Waals surface area contributed by atoms with E-state index in [1.54, 1.807) is 12.4 Å². The highest BCUT2D eigenvalue weighted by Crippen LogP contribution is 2.26. The number of pyridine rings is 1. The van der Waals surface area contributed by atoms with Crippen molar-refractivity contribution >= 4 is 11.6 Å². The molecule has 1 amide bonds. The van der Waals surface area contributed by atoms with E-state index in [0.29, 0.717) is 12.2 Å². The van der Waals surface area contributed by atoms with Crippen LogP contribution in [0.2, 0.25) is 0 Å². The van der Waals surface area contributed by atoms with Crippen molar-refractivity contribution in [2.75, 3.05) is 18.5 Å². The maximum atomic E-state index is 12.4. The minimum Gasteiger partial charge on any atom is -0.385 e.